The van der Waals surface area contributed by atoms with Gasteiger partial charge in [-0.3, -0.25) is 0 Å². The van der Waals surface area contributed by atoms with Crippen LogP contribution >= 0.6 is 0 Å². The smallest absolute Gasteiger partial charge is 0.314 e. The average molecular weight is 339 g/mol. The van der Waals surface area contributed by atoms with Crippen molar-refractivity contribution in [3.05, 3.63) is 29.8 Å². The Balaban J connectivity index is 2.13. The van der Waals surface area contributed by atoms with Gasteiger partial charge in [-0.2, -0.15) is 4.31 Å². The van der Waals surface area contributed by atoms with Crippen LogP contribution in [0.25, 0.3) is 0 Å². The van der Waals surface area contributed by atoms with Gasteiger partial charge in [0.25, 0.3) is 0 Å². The molecule has 0 spiro atoms. The van der Waals surface area contributed by atoms with E-state index >= 15 is 0 Å². The molecule has 0 bridgehead atoms. The molecule has 0 unspecified atom stereocenters. The zero-order valence-electron chi connectivity index (χ0n) is 13.7. The molecule has 1 fully saturated rings. The number of nitrogens with two attached hydrogens (primary N) is 1. The number of carbonyl (C=O) groups excluding carboxylic acids is 1. The predicted molar refractivity (Wildman–Crippen MR) is 89.5 cm³/mol. The van der Waals surface area contributed by atoms with Gasteiger partial charge in [0, 0.05) is 26.2 Å². The second-order valence-corrected chi connectivity index (χ2v) is 8.26. The number of primary amides is 1. The first-order chi connectivity index (χ1) is 10.8. The Labute approximate surface area is 138 Å². The molecule has 23 heavy (non-hydrogen) atoms. The number of hydrogen-bond acceptors (Lipinski definition) is 3. The summed E-state index contributed by atoms with van der Waals surface area (Å²) >= 11 is 0. The van der Waals surface area contributed by atoms with Gasteiger partial charge in [0.15, 0.2) is 0 Å². The molecule has 0 saturated carbocycles. The zero-order valence-corrected chi connectivity index (χ0v) is 14.6. The molecule has 1 saturated heterocycles. The fourth-order valence-electron chi connectivity index (χ4n) is 2.77. The fourth-order valence-corrected chi connectivity index (χ4v) is 4.24. The topological polar surface area (TPSA) is 83.7 Å². The number of sulfonamides is 1. The minimum absolute atomic E-state index is 0.277. The number of nitrogens with zero attached hydrogens (tertiary/aromatic N) is 2. The van der Waals surface area contributed by atoms with Crippen LogP contribution in [0.15, 0.2) is 29.2 Å². The van der Waals surface area contributed by atoms with Crippen LogP contribution < -0.4 is 5.73 Å². The van der Waals surface area contributed by atoms with Gasteiger partial charge in [0.2, 0.25) is 10.0 Å². The van der Waals surface area contributed by atoms with Crippen LogP contribution in [0.4, 0.5) is 4.79 Å². The highest BCUT2D eigenvalue weighted by molar-refractivity contribution is 7.89. The van der Waals surface area contributed by atoms with Crippen molar-refractivity contribution in [2.75, 3.05) is 26.2 Å². The van der Waals surface area contributed by atoms with E-state index in [0.29, 0.717) is 36.9 Å². The highest BCUT2D eigenvalue weighted by Gasteiger charge is 2.27. The molecule has 2 amide bonds. The third-order valence-electron chi connectivity index (χ3n) is 3.97. The van der Waals surface area contributed by atoms with Crippen molar-refractivity contribution in [1.82, 2.24) is 9.21 Å². The normalized spacial score (nSPS) is 17.3. The average Bonchev–Trinajstić information content (AvgIpc) is 2.73. The molecular weight excluding hydrogens is 314 g/mol. The lowest BCUT2D eigenvalue weighted by atomic mass is 10.0. The van der Waals surface area contributed by atoms with Crippen LogP contribution in [0.2, 0.25) is 0 Å². The minimum atomic E-state index is -3.53. The number of carbonyl (C=O) groups is 1. The highest BCUT2D eigenvalue weighted by Crippen LogP contribution is 2.19. The van der Waals surface area contributed by atoms with E-state index in [1.54, 1.807) is 12.1 Å². The molecule has 0 aromatic heterocycles. The Hall–Kier alpha value is -1.60. The Morgan fingerprint density at radius 3 is 2.35 bits per heavy atom. The highest BCUT2D eigenvalue weighted by atomic mass is 32.2. The lowest BCUT2D eigenvalue weighted by Gasteiger charge is -2.21. The Morgan fingerprint density at radius 2 is 1.78 bits per heavy atom. The van der Waals surface area contributed by atoms with Gasteiger partial charge in [0.1, 0.15) is 0 Å². The van der Waals surface area contributed by atoms with E-state index in [1.807, 2.05) is 12.1 Å². The van der Waals surface area contributed by atoms with E-state index in [-0.39, 0.29) is 6.54 Å². The second-order valence-electron chi connectivity index (χ2n) is 6.32. The molecule has 0 radical (unpaired) electrons. The van der Waals surface area contributed by atoms with Gasteiger partial charge >= 0.3 is 6.03 Å². The van der Waals surface area contributed by atoms with Gasteiger partial charge < -0.3 is 10.6 Å². The van der Waals surface area contributed by atoms with E-state index in [1.165, 1.54) is 9.21 Å². The number of urea groups is 1. The molecule has 1 aromatic rings. The predicted octanol–water partition coefficient (Wildman–Crippen LogP) is 1.66. The standard InChI is InChI=1S/C16H25N3O3S/c1-13(2)12-14-4-6-15(7-5-14)23(21,22)19-9-3-8-18(10-11-19)16(17)20/h4-7,13H,3,8-12H2,1-2H3,(H2,17,20). The summed E-state index contributed by atoms with van der Waals surface area (Å²) in [7, 11) is -3.53. The van der Waals surface area contributed by atoms with Gasteiger partial charge in [0.05, 0.1) is 4.90 Å². The van der Waals surface area contributed by atoms with Crippen molar-refractivity contribution in [2.24, 2.45) is 11.7 Å². The maximum atomic E-state index is 12.7. The summed E-state index contributed by atoms with van der Waals surface area (Å²) in [5.74, 6) is 0.530. The Kier molecular flexibility index (Phi) is 5.64. The summed E-state index contributed by atoms with van der Waals surface area (Å²) in [6.45, 7) is 5.77. The largest absolute Gasteiger partial charge is 0.351 e. The van der Waals surface area contributed by atoms with Crippen molar-refractivity contribution >= 4 is 16.1 Å². The van der Waals surface area contributed by atoms with Crippen LogP contribution in [0.3, 0.4) is 0 Å². The SMILES string of the molecule is CC(C)Cc1ccc(S(=O)(=O)N2CCCN(C(N)=O)CC2)cc1. The van der Waals surface area contributed by atoms with Crippen molar-refractivity contribution < 1.29 is 13.2 Å². The number of benzene rings is 1. The van der Waals surface area contributed by atoms with Gasteiger partial charge in [-0.15, -0.1) is 0 Å². The van der Waals surface area contributed by atoms with Gasteiger partial charge in [-0.05, 0) is 36.5 Å². The summed E-state index contributed by atoms with van der Waals surface area (Å²) in [4.78, 5) is 13.0. The van der Waals surface area contributed by atoms with Crippen LogP contribution in [0.5, 0.6) is 0 Å². The van der Waals surface area contributed by atoms with E-state index in [2.05, 4.69) is 13.8 Å². The summed E-state index contributed by atoms with van der Waals surface area (Å²) in [6.07, 6.45) is 1.52. The minimum Gasteiger partial charge on any atom is -0.351 e. The summed E-state index contributed by atoms with van der Waals surface area (Å²) < 4.78 is 26.9. The molecule has 7 heteroatoms. The Bertz CT molecular complexity index is 641. The third kappa shape index (κ3) is 4.45. The first-order valence-electron chi connectivity index (χ1n) is 7.94. The second kappa shape index (κ2) is 7.31. The van der Waals surface area contributed by atoms with E-state index in [9.17, 15) is 13.2 Å². The van der Waals surface area contributed by atoms with E-state index in [4.69, 9.17) is 5.73 Å². The first-order valence-corrected chi connectivity index (χ1v) is 9.38. The zero-order chi connectivity index (χ0) is 17.0. The molecule has 2 rings (SSSR count). The molecule has 6 nitrogen and oxygen atoms in total. The third-order valence-corrected chi connectivity index (χ3v) is 5.88. The monoisotopic (exact) mass is 339 g/mol. The lowest BCUT2D eigenvalue weighted by Crippen LogP contribution is -2.39. The first kappa shape index (κ1) is 17.7. The number of hydrogen-bond donors (Lipinski definition) is 1. The maximum Gasteiger partial charge on any atom is 0.314 e. The fraction of sp³-hybridized carbons (Fsp3) is 0.562. The summed E-state index contributed by atoms with van der Waals surface area (Å²) in [5, 5.41) is 0. The molecule has 2 N–H and O–H groups in total. The molecule has 1 aliphatic rings. The van der Waals surface area contributed by atoms with E-state index in [0.717, 1.165) is 12.0 Å². The van der Waals surface area contributed by atoms with Crippen molar-refractivity contribution in [1.29, 1.82) is 0 Å². The van der Waals surface area contributed by atoms with E-state index < -0.39 is 16.1 Å². The molecular formula is C16H25N3O3S. The molecule has 128 valence electrons. The molecule has 1 aliphatic heterocycles. The summed E-state index contributed by atoms with van der Waals surface area (Å²) in [6, 6.07) is 6.59. The van der Waals surface area contributed by atoms with Crippen LogP contribution in [-0.4, -0.2) is 49.8 Å². The van der Waals surface area contributed by atoms with Gasteiger partial charge in [-0.25, -0.2) is 13.2 Å². The maximum absolute atomic E-state index is 12.7. The van der Waals surface area contributed by atoms with Gasteiger partial charge in [-0.1, -0.05) is 26.0 Å². The van der Waals surface area contributed by atoms with Crippen molar-refractivity contribution in [2.45, 2.75) is 31.6 Å². The molecule has 0 atom stereocenters. The van der Waals surface area contributed by atoms with Crippen LogP contribution in [0.1, 0.15) is 25.8 Å². The Morgan fingerprint density at radius 1 is 1.13 bits per heavy atom. The molecule has 1 heterocycles. The number of amides is 2. The van der Waals surface area contributed by atoms with Crippen LogP contribution in [0, 0.1) is 5.92 Å². The summed E-state index contributed by atoms with van der Waals surface area (Å²) in [5.41, 5.74) is 6.41. The van der Waals surface area contributed by atoms with Crippen molar-refractivity contribution in [3.63, 3.8) is 0 Å². The quantitative estimate of drug-likeness (QED) is 0.905. The lowest BCUT2D eigenvalue weighted by molar-refractivity contribution is 0.210. The number of rotatable bonds is 4. The molecule has 0 aliphatic carbocycles. The molecule has 1 aromatic carbocycles. The van der Waals surface area contributed by atoms with Crippen molar-refractivity contribution in [3.8, 4) is 0 Å². The van der Waals surface area contributed by atoms with Crippen LogP contribution in [-0.2, 0) is 16.4 Å².